The van der Waals surface area contributed by atoms with Crippen LogP contribution in [0, 0.1) is 0 Å². The van der Waals surface area contributed by atoms with Crippen molar-refractivity contribution in [3.05, 3.63) is 79.3 Å². The summed E-state index contributed by atoms with van der Waals surface area (Å²) in [7, 11) is 0. The lowest BCUT2D eigenvalue weighted by atomic mass is 10.0. The van der Waals surface area contributed by atoms with Crippen LogP contribution in [0.25, 0.3) is 22.3 Å². The summed E-state index contributed by atoms with van der Waals surface area (Å²) in [6, 6.07) is 22.7. The molecule has 5 rings (SSSR count). The van der Waals surface area contributed by atoms with E-state index in [9.17, 15) is 4.79 Å². The molecule has 0 N–H and O–H groups in total. The van der Waals surface area contributed by atoms with Crippen LogP contribution in [-0.2, 0) is 11.3 Å². The SMILES string of the molecule is O=C(Cn1cnc2cccnc21)N1CCN(c2ccccc2-c2ccccc2)CC1. The zero-order valence-electron chi connectivity index (χ0n) is 16.7. The summed E-state index contributed by atoms with van der Waals surface area (Å²) in [4.78, 5) is 25.9. The van der Waals surface area contributed by atoms with Crippen LogP contribution in [0.4, 0.5) is 5.69 Å². The zero-order chi connectivity index (χ0) is 20.3. The van der Waals surface area contributed by atoms with Gasteiger partial charge in [-0.3, -0.25) is 4.79 Å². The Kier molecular flexibility index (Phi) is 4.89. The predicted octanol–water partition coefficient (Wildman–Crippen LogP) is 3.45. The van der Waals surface area contributed by atoms with E-state index in [-0.39, 0.29) is 12.5 Å². The first-order chi connectivity index (χ1) is 14.8. The Labute approximate surface area is 175 Å². The number of anilines is 1. The number of benzene rings is 2. The van der Waals surface area contributed by atoms with Gasteiger partial charge in [-0.2, -0.15) is 0 Å². The van der Waals surface area contributed by atoms with Gasteiger partial charge < -0.3 is 14.4 Å². The Hall–Kier alpha value is -3.67. The lowest BCUT2D eigenvalue weighted by Crippen LogP contribution is -2.49. The van der Waals surface area contributed by atoms with Crippen LogP contribution in [0.15, 0.2) is 79.3 Å². The molecule has 0 saturated carbocycles. The van der Waals surface area contributed by atoms with Gasteiger partial charge in [0.1, 0.15) is 12.1 Å². The number of carbonyl (C=O) groups is 1. The molecule has 1 saturated heterocycles. The van der Waals surface area contributed by atoms with Crippen LogP contribution < -0.4 is 4.90 Å². The molecule has 3 heterocycles. The number of para-hydroxylation sites is 1. The highest BCUT2D eigenvalue weighted by Crippen LogP contribution is 2.31. The van der Waals surface area contributed by atoms with Crippen LogP contribution in [0.2, 0.25) is 0 Å². The maximum Gasteiger partial charge on any atom is 0.242 e. The lowest BCUT2D eigenvalue weighted by Gasteiger charge is -2.37. The number of pyridine rings is 1. The number of piperazine rings is 1. The van der Waals surface area contributed by atoms with Crippen molar-refractivity contribution in [1.29, 1.82) is 0 Å². The van der Waals surface area contributed by atoms with Crippen molar-refractivity contribution in [3.8, 4) is 11.1 Å². The number of carbonyl (C=O) groups excluding carboxylic acids is 1. The molecule has 6 nitrogen and oxygen atoms in total. The van der Waals surface area contributed by atoms with Gasteiger partial charge in [0.25, 0.3) is 0 Å². The van der Waals surface area contributed by atoms with Crippen LogP contribution in [-0.4, -0.2) is 51.5 Å². The monoisotopic (exact) mass is 397 g/mol. The number of hydrogen-bond donors (Lipinski definition) is 0. The number of amides is 1. The number of aromatic nitrogens is 3. The van der Waals surface area contributed by atoms with Crippen LogP contribution >= 0.6 is 0 Å². The van der Waals surface area contributed by atoms with Gasteiger partial charge in [0.15, 0.2) is 5.65 Å². The number of fused-ring (bicyclic) bond motifs is 1. The van der Waals surface area contributed by atoms with Crippen molar-refractivity contribution in [3.63, 3.8) is 0 Å². The fraction of sp³-hybridized carbons (Fsp3) is 0.208. The molecular weight excluding hydrogens is 374 g/mol. The second-order valence-electron chi connectivity index (χ2n) is 7.47. The smallest absolute Gasteiger partial charge is 0.242 e. The Morgan fingerprint density at radius 3 is 2.43 bits per heavy atom. The van der Waals surface area contributed by atoms with Gasteiger partial charge in [0.05, 0.1) is 6.33 Å². The van der Waals surface area contributed by atoms with Crippen molar-refractivity contribution in [2.45, 2.75) is 6.54 Å². The van der Waals surface area contributed by atoms with E-state index < -0.39 is 0 Å². The number of imidazole rings is 1. The molecule has 30 heavy (non-hydrogen) atoms. The van der Waals surface area contributed by atoms with Crippen LogP contribution in [0.3, 0.4) is 0 Å². The molecule has 1 aliphatic rings. The predicted molar refractivity (Wildman–Crippen MR) is 118 cm³/mol. The third-order valence-corrected chi connectivity index (χ3v) is 5.64. The highest BCUT2D eigenvalue weighted by atomic mass is 16.2. The summed E-state index contributed by atoms with van der Waals surface area (Å²) in [6.07, 6.45) is 3.43. The number of hydrogen-bond acceptors (Lipinski definition) is 4. The molecule has 4 aromatic rings. The van der Waals surface area contributed by atoms with Gasteiger partial charge in [-0.05, 0) is 23.8 Å². The normalized spacial score (nSPS) is 14.3. The van der Waals surface area contributed by atoms with Gasteiger partial charge in [0, 0.05) is 43.6 Å². The van der Waals surface area contributed by atoms with Crippen LogP contribution in [0.5, 0.6) is 0 Å². The molecule has 2 aromatic carbocycles. The van der Waals surface area contributed by atoms with E-state index in [0.29, 0.717) is 13.1 Å². The van der Waals surface area contributed by atoms with Crippen molar-refractivity contribution in [2.75, 3.05) is 31.1 Å². The van der Waals surface area contributed by atoms with Gasteiger partial charge in [0.2, 0.25) is 5.91 Å². The maximum atomic E-state index is 12.9. The fourth-order valence-corrected chi connectivity index (χ4v) is 4.07. The number of rotatable bonds is 4. The average Bonchev–Trinajstić information content (AvgIpc) is 3.22. The van der Waals surface area contributed by atoms with Crippen molar-refractivity contribution in [1.82, 2.24) is 19.4 Å². The summed E-state index contributed by atoms with van der Waals surface area (Å²) in [5.74, 6) is 0.107. The molecule has 2 aromatic heterocycles. The van der Waals surface area contributed by atoms with E-state index in [2.05, 4.69) is 63.4 Å². The van der Waals surface area contributed by atoms with Crippen molar-refractivity contribution >= 4 is 22.8 Å². The van der Waals surface area contributed by atoms with Crippen molar-refractivity contribution < 1.29 is 4.79 Å². The first-order valence-corrected chi connectivity index (χ1v) is 10.2. The third kappa shape index (κ3) is 3.52. The Balaban J connectivity index is 1.27. The standard InChI is InChI=1S/C24H23N5O/c30-23(17-29-18-26-21-10-6-12-25-24(21)29)28-15-13-27(14-16-28)22-11-5-4-9-20(22)19-7-2-1-3-8-19/h1-12,18H,13-17H2. The topological polar surface area (TPSA) is 54.3 Å². The van der Waals surface area contributed by atoms with Gasteiger partial charge >= 0.3 is 0 Å². The Morgan fingerprint density at radius 2 is 1.60 bits per heavy atom. The quantitative estimate of drug-likeness (QED) is 0.529. The third-order valence-electron chi connectivity index (χ3n) is 5.64. The Bertz CT molecular complexity index is 1160. The highest BCUT2D eigenvalue weighted by molar-refractivity contribution is 5.81. The summed E-state index contributed by atoms with van der Waals surface area (Å²) < 4.78 is 1.83. The first kappa shape index (κ1) is 18.4. The minimum atomic E-state index is 0.107. The van der Waals surface area contributed by atoms with E-state index in [4.69, 9.17) is 0 Å². The van der Waals surface area contributed by atoms with E-state index in [1.54, 1.807) is 12.5 Å². The summed E-state index contributed by atoms with van der Waals surface area (Å²) in [5, 5.41) is 0. The summed E-state index contributed by atoms with van der Waals surface area (Å²) >= 11 is 0. The molecular formula is C24H23N5O. The molecule has 0 bridgehead atoms. The minimum absolute atomic E-state index is 0.107. The number of nitrogens with zero attached hydrogens (tertiary/aromatic N) is 5. The molecule has 6 heteroatoms. The first-order valence-electron chi connectivity index (χ1n) is 10.2. The van der Waals surface area contributed by atoms with E-state index in [1.807, 2.05) is 27.7 Å². The molecule has 150 valence electrons. The second kappa shape index (κ2) is 7.99. The molecule has 1 aliphatic heterocycles. The lowest BCUT2D eigenvalue weighted by molar-refractivity contribution is -0.132. The maximum absolute atomic E-state index is 12.9. The molecule has 0 spiro atoms. The molecule has 0 aliphatic carbocycles. The largest absolute Gasteiger partial charge is 0.367 e. The van der Waals surface area contributed by atoms with Gasteiger partial charge in [-0.15, -0.1) is 0 Å². The summed E-state index contributed by atoms with van der Waals surface area (Å²) in [5.41, 5.74) is 5.23. The minimum Gasteiger partial charge on any atom is -0.367 e. The average molecular weight is 397 g/mol. The fourth-order valence-electron chi connectivity index (χ4n) is 4.07. The molecule has 0 radical (unpaired) electrons. The van der Waals surface area contributed by atoms with E-state index in [1.165, 1.54) is 16.8 Å². The second-order valence-corrected chi connectivity index (χ2v) is 7.47. The van der Waals surface area contributed by atoms with Gasteiger partial charge in [-0.1, -0.05) is 48.5 Å². The van der Waals surface area contributed by atoms with Crippen LogP contribution in [0.1, 0.15) is 0 Å². The molecule has 1 amide bonds. The van der Waals surface area contributed by atoms with E-state index >= 15 is 0 Å². The van der Waals surface area contributed by atoms with Crippen molar-refractivity contribution in [2.24, 2.45) is 0 Å². The summed E-state index contributed by atoms with van der Waals surface area (Å²) in [6.45, 7) is 3.33. The molecule has 0 unspecified atom stereocenters. The zero-order valence-corrected chi connectivity index (χ0v) is 16.7. The van der Waals surface area contributed by atoms with E-state index in [0.717, 1.165) is 24.3 Å². The van der Waals surface area contributed by atoms with Gasteiger partial charge in [-0.25, -0.2) is 9.97 Å². The highest BCUT2D eigenvalue weighted by Gasteiger charge is 2.23. The Morgan fingerprint density at radius 1 is 0.833 bits per heavy atom. The molecule has 0 atom stereocenters. The molecule has 1 fully saturated rings.